The van der Waals surface area contributed by atoms with Gasteiger partial charge in [-0.25, -0.2) is 9.98 Å². The van der Waals surface area contributed by atoms with Crippen LogP contribution in [-0.2, 0) is 24.2 Å². The second-order valence-corrected chi connectivity index (χ2v) is 7.73. The number of halogens is 1. The molecule has 0 unspecified atom stereocenters. The van der Waals surface area contributed by atoms with Crippen LogP contribution < -0.4 is 10.6 Å². The number of fused-ring (bicyclic) bond motifs is 1. The van der Waals surface area contributed by atoms with Crippen molar-refractivity contribution in [3.8, 4) is 0 Å². The first kappa shape index (κ1) is 24.5. The van der Waals surface area contributed by atoms with Crippen molar-refractivity contribution in [2.45, 2.75) is 26.4 Å². The number of para-hydroxylation sites is 2. The average Bonchev–Trinajstić information content (AvgIpc) is 3.22. The smallest absolute Gasteiger partial charge is 0.191 e. The third-order valence-electron chi connectivity index (χ3n) is 5.46. The summed E-state index contributed by atoms with van der Waals surface area (Å²) in [4.78, 5) is 15.3. The van der Waals surface area contributed by atoms with Gasteiger partial charge in [-0.3, -0.25) is 4.90 Å². The SMILES string of the molecule is CCNC(=NCc1ccccc1CN1CCOCC1)NCCc1nc2ccccc2[nH]1.I. The summed E-state index contributed by atoms with van der Waals surface area (Å²) >= 11 is 0. The zero-order valence-corrected chi connectivity index (χ0v) is 21.0. The lowest BCUT2D eigenvalue weighted by molar-refractivity contribution is 0.0341. The molecule has 8 heteroatoms. The quantitative estimate of drug-likeness (QED) is 0.229. The van der Waals surface area contributed by atoms with E-state index >= 15 is 0 Å². The van der Waals surface area contributed by atoms with Gasteiger partial charge in [0.05, 0.1) is 30.8 Å². The van der Waals surface area contributed by atoms with Crippen molar-refractivity contribution < 1.29 is 4.74 Å². The highest BCUT2D eigenvalue weighted by atomic mass is 127. The van der Waals surface area contributed by atoms with Crippen molar-refractivity contribution in [3.05, 3.63) is 65.5 Å². The van der Waals surface area contributed by atoms with E-state index in [4.69, 9.17) is 9.73 Å². The van der Waals surface area contributed by atoms with Crippen LogP contribution in [0.4, 0.5) is 0 Å². The van der Waals surface area contributed by atoms with E-state index in [1.165, 1.54) is 11.1 Å². The number of hydrogen-bond acceptors (Lipinski definition) is 4. The highest BCUT2D eigenvalue weighted by molar-refractivity contribution is 14.0. The van der Waals surface area contributed by atoms with Gasteiger partial charge in [-0.15, -0.1) is 24.0 Å². The van der Waals surface area contributed by atoms with E-state index in [1.807, 2.05) is 18.2 Å². The summed E-state index contributed by atoms with van der Waals surface area (Å²) in [7, 11) is 0. The highest BCUT2D eigenvalue weighted by Gasteiger charge is 2.12. The first-order valence-corrected chi connectivity index (χ1v) is 11.1. The van der Waals surface area contributed by atoms with Gasteiger partial charge in [0.25, 0.3) is 0 Å². The van der Waals surface area contributed by atoms with Crippen LogP contribution in [0.15, 0.2) is 53.5 Å². The van der Waals surface area contributed by atoms with Crippen molar-refractivity contribution in [1.82, 2.24) is 25.5 Å². The fourth-order valence-corrected chi connectivity index (χ4v) is 3.80. The first-order valence-electron chi connectivity index (χ1n) is 11.1. The van der Waals surface area contributed by atoms with Gasteiger partial charge in [-0.1, -0.05) is 36.4 Å². The maximum absolute atomic E-state index is 5.47. The monoisotopic (exact) mass is 548 g/mol. The summed E-state index contributed by atoms with van der Waals surface area (Å²) < 4.78 is 5.47. The van der Waals surface area contributed by atoms with Crippen LogP contribution in [0.3, 0.4) is 0 Å². The van der Waals surface area contributed by atoms with Crippen molar-refractivity contribution in [2.75, 3.05) is 39.4 Å². The lowest BCUT2D eigenvalue weighted by atomic mass is 10.1. The predicted octanol–water partition coefficient (Wildman–Crippen LogP) is 3.31. The normalized spacial score (nSPS) is 14.8. The van der Waals surface area contributed by atoms with Crippen LogP contribution in [0.5, 0.6) is 0 Å². The summed E-state index contributed by atoms with van der Waals surface area (Å²) in [5.41, 5.74) is 4.69. The largest absolute Gasteiger partial charge is 0.379 e. The van der Waals surface area contributed by atoms with Crippen molar-refractivity contribution >= 4 is 41.0 Å². The summed E-state index contributed by atoms with van der Waals surface area (Å²) in [5, 5.41) is 6.78. The third-order valence-corrected chi connectivity index (χ3v) is 5.46. The van der Waals surface area contributed by atoms with Gasteiger partial charge < -0.3 is 20.4 Å². The molecule has 0 saturated carbocycles. The molecule has 0 atom stereocenters. The van der Waals surface area contributed by atoms with Crippen LogP contribution in [0.1, 0.15) is 23.9 Å². The number of H-pyrrole nitrogens is 1. The van der Waals surface area contributed by atoms with Crippen LogP contribution in [-0.4, -0.2) is 60.2 Å². The highest BCUT2D eigenvalue weighted by Crippen LogP contribution is 2.14. The summed E-state index contributed by atoms with van der Waals surface area (Å²) in [6.07, 6.45) is 0.812. The molecule has 3 N–H and O–H groups in total. The third kappa shape index (κ3) is 6.91. The molecular weight excluding hydrogens is 515 g/mol. The Bertz CT molecular complexity index is 966. The number of nitrogens with zero attached hydrogens (tertiary/aromatic N) is 3. The van der Waals surface area contributed by atoms with E-state index < -0.39 is 0 Å². The van der Waals surface area contributed by atoms with Gasteiger partial charge >= 0.3 is 0 Å². The Morgan fingerprint density at radius 1 is 1.06 bits per heavy atom. The van der Waals surface area contributed by atoms with Crippen LogP contribution in [0, 0.1) is 0 Å². The molecule has 1 aliphatic heterocycles. The number of aromatic nitrogens is 2. The number of nitrogens with one attached hydrogen (secondary N) is 3. The van der Waals surface area contributed by atoms with Gasteiger partial charge in [0.15, 0.2) is 5.96 Å². The molecule has 7 nitrogen and oxygen atoms in total. The lowest BCUT2D eigenvalue weighted by Crippen LogP contribution is -2.38. The minimum atomic E-state index is 0. The van der Waals surface area contributed by atoms with Crippen molar-refractivity contribution in [1.29, 1.82) is 0 Å². The van der Waals surface area contributed by atoms with E-state index in [0.29, 0.717) is 6.54 Å². The average molecular weight is 548 g/mol. The molecule has 0 spiro atoms. The molecular formula is C24H33IN6O. The van der Waals surface area contributed by atoms with Crippen molar-refractivity contribution in [3.63, 3.8) is 0 Å². The molecule has 4 rings (SSSR count). The number of aliphatic imine (C=N–C) groups is 1. The lowest BCUT2D eigenvalue weighted by Gasteiger charge is -2.27. The maximum atomic E-state index is 5.47. The second kappa shape index (κ2) is 12.8. The molecule has 0 amide bonds. The van der Waals surface area contributed by atoms with E-state index in [1.54, 1.807) is 0 Å². The summed E-state index contributed by atoms with van der Waals surface area (Å²) in [6.45, 7) is 8.90. The van der Waals surface area contributed by atoms with E-state index in [0.717, 1.165) is 75.2 Å². The zero-order chi connectivity index (χ0) is 21.3. The fraction of sp³-hybridized carbons (Fsp3) is 0.417. The number of benzene rings is 2. The Morgan fingerprint density at radius 2 is 1.81 bits per heavy atom. The Hall–Kier alpha value is -2.17. The van der Waals surface area contributed by atoms with Gasteiger partial charge in [0.2, 0.25) is 0 Å². The van der Waals surface area contributed by atoms with E-state index in [2.05, 4.69) is 62.8 Å². The maximum Gasteiger partial charge on any atom is 0.191 e. The molecule has 3 aromatic rings. The summed E-state index contributed by atoms with van der Waals surface area (Å²) in [6, 6.07) is 16.7. The molecule has 2 aromatic carbocycles. The van der Waals surface area contributed by atoms with E-state index in [-0.39, 0.29) is 24.0 Å². The number of morpholine rings is 1. The number of aromatic amines is 1. The van der Waals surface area contributed by atoms with Crippen LogP contribution in [0.25, 0.3) is 11.0 Å². The van der Waals surface area contributed by atoms with E-state index in [9.17, 15) is 0 Å². The molecule has 1 saturated heterocycles. The number of guanidine groups is 1. The topological polar surface area (TPSA) is 77.6 Å². The first-order chi connectivity index (χ1) is 15.3. The van der Waals surface area contributed by atoms with Gasteiger partial charge in [-0.2, -0.15) is 0 Å². The van der Waals surface area contributed by atoms with Gasteiger partial charge in [0.1, 0.15) is 5.82 Å². The Balaban J connectivity index is 0.00000289. The van der Waals surface area contributed by atoms with Crippen molar-refractivity contribution in [2.24, 2.45) is 4.99 Å². The molecule has 1 aliphatic rings. The molecule has 0 bridgehead atoms. The Morgan fingerprint density at radius 3 is 2.59 bits per heavy atom. The molecule has 2 heterocycles. The van der Waals surface area contributed by atoms with Gasteiger partial charge in [-0.05, 0) is 30.2 Å². The Labute approximate surface area is 207 Å². The number of ether oxygens (including phenoxy) is 1. The predicted molar refractivity (Wildman–Crippen MR) is 141 cm³/mol. The van der Waals surface area contributed by atoms with Gasteiger partial charge in [0, 0.05) is 39.1 Å². The molecule has 32 heavy (non-hydrogen) atoms. The second-order valence-electron chi connectivity index (χ2n) is 7.73. The fourth-order valence-electron chi connectivity index (χ4n) is 3.80. The molecule has 0 aliphatic carbocycles. The Kier molecular flexibility index (Phi) is 9.76. The minimum absolute atomic E-state index is 0. The molecule has 1 fully saturated rings. The zero-order valence-electron chi connectivity index (χ0n) is 18.6. The van der Waals surface area contributed by atoms with Crippen LogP contribution >= 0.6 is 24.0 Å². The number of imidazole rings is 1. The standard InChI is InChI=1S/C24H32N6O.HI/c1-2-25-24(26-12-11-23-28-21-9-5-6-10-22(21)29-23)27-17-19-7-3-4-8-20(19)18-30-13-15-31-16-14-30;/h3-10H,2,11-18H2,1H3,(H,28,29)(H2,25,26,27);1H. The molecule has 172 valence electrons. The molecule has 1 aromatic heterocycles. The number of rotatable bonds is 8. The van der Waals surface area contributed by atoms with Crippen LogP contribution in [0.2, 0.25) is 0 Å². The molecule has 0 radical (unpaired) electrons. The summed E-state index contributed by atoms with van der Waals surface area (Å²) in [5.74, 6) is 1.82. The number of hydrogen-bond donors (Lipinski definition) is 3. The minimum Gasteiger partial charge on any atom is -0.379 e.